The van der Waals surface area contributed by atoms with Crippen LogP contribution in [0, 0.1) is 0 Å². The number of hydrogen-bond acceptors (Lipinski definition) is 3. The van der Waals surface area contributed by atoms with Gasteiger partial charge in [-0.15, -0.1) is 0 Å². The van der Waals surface area contributed by atoms with Gasteiger partial charge in [-0.2, -0.15) is 0 Å². The fourth-order valence-electron chi connectivity index (χ4n) is 0.447. The Labute approximate surface area is 78.9 Å². The minimum absolute atomic E-state index is 0.389. The number of halogens is 1. The summed E-state index contributed by atoms with van der Waals surface area (Å²) < 4.78 is 4.41. The van der Waals surface area contributed by atoms with Gasteiger partial charge in [-0.1, -0.05) is 11.6 Å². The van der Waals surface area contributed by atoms with Crippen molar-refractivity contribution in [2.45, 2.75) is 0 Å². The Bertz CT molecular complexity index is 279. The van der Waals surface area contributed by atoms with E-state index in [-0.39, 0.29) is 5.76 Å². The zero-order valence-corrected chi connectivity index (χ0v) is 7.41. The predicted molar refractivity (Wildman–Crippen MR) is 44.3 cm³/mol. The molecule has 0 amide bonds. The lowest BCUT2D eigenvalue weighted by Gasteiger charge is -1.96. The van der Waals surface area contributed by atoms with E-state index < -0.39 is 17.0 Å². The Morgan fingerprint density at radius 3 is 2.08 bits per heavy atom. The second-order valence-electron chi connectivity index (χ2n) is 1.86. The lowest BCUT2D eigenvalue weighted by Crippen LogP contribution is -2.02. The van der Waals surface area contributed by atoms with Gasteiger partial charge in [-0.25, -0.2) is 9.59 Å². The maximum Gasteiger partial charge on any atom is 0.371 e. The molecular formula is C7H7ClO5. The molecule has 72 valence electrons. The van der Waals surface area contributed by atoms with Crippen molar-refractivity contribution in [1.82, 2.24) is 0 Å². The summed E-state index contributed by atoms with van der Waals surface area (Å²) in [6, 6.07) is 0. The topological polar surface area (TPSA) is 83.8 Å². The van der Waals surface area contributed by atoms with E-state index in [4.69, 9.17) is 21.8 Å². The van der Waals surface area contributed by atoms with Gasteiger partial charge in [-0.3, -0.25) is 0 Å². The molecule has 0 rings (SSSR count). The number of aliphatic carboxylic acids is 2. The van der Waals surface area contributed by atoms with Crippen molar-refractivity contribution >= 4 is 23.5 Å². The molecule has 6 heteroatoms. The van der Waals surface area contributed by atoms with Crippen molar-refractivity contribution in [3.8, 4) is 0 Å². The fourth-order valence-corrected chi connectivity index (χ4v) is 0.510. The Hall–Kier alpha value is -1.49. The Balaban J connectivity index is 4.64. The molecule has 0 atom stereocenters. The van der Waals surface area contributed by atoms with Gasteiger partial charge >= 0.3 is 11.9 Å². The summed E-state index contributed by atoms with van der Waals surface area (Å²) in [6.45, 7) is 0. The van der Waals surface area contributed by atoms with E-state index in [2.05, 4.69) is 4.74 Å². The normalized spacial score (nSPS) is 12.5. The molecule has 0 aromatic carbocycles. The van der Waals surface area contributed by atoms with Crippen LogP contribution < -0.4 is 0 Å². The molecule has 0 saturated heterocycles. The third-order valence-electron chi connectivity index (χ3n) is 1.02. The van der Waals surface area contributed by atoms with E-state index >= 15 is 0 Å². The van der Waals surface area contributed by atoms with Crippen LogP contribution >= 0.6 is 11.6 Å². The van der Waals surface area contributed by atoms with Crippen molar-refractivity contribution in [2.24, 2.45) is 0 Å². The maximum atomic E-state index is 10.3. The van der Waals surface area contributed by atoms with Crippen LogP contribution in [0.2, 0.25) is 0 Å². The van der Waals surface area contributed by atoms with Crippen molar-refractivity contribution in [3.05, 3.63) is 22.9 Å². The number of methoxy groups -OCH3 is 1. The molecular weight excluding hydrogens is 200 g/mol. The molecule has 0 radical (unpaired) electrons. The highest BCUT2D eigenvalue weighted by Crippen LogP contribution is 2.03. The van der Waals surface area contributed by atoms with Gasteiger partial charge < -0.3 is 14.9 Å². The molecule has 13 heavy (non-hydrogen) atoms. The van der Waals surface area contributed by atoms with Crippen LogP contribution in [0.15, 0.2) is 22.9 Å². The number of carboxylic acids is 2. The smallest absolute Gasteiger partial charge is 0.371 e. The highest BCUT2D eigenvalue weighted by Gasteiger charge is 2.06. The number of allylic oxidation sites excluding steroid dienone is 2. The highest BCUT2D eigenvalue weighted by molar-refractivity contribution is 6.41. The Morgan fingerprint density at radius 1 is 1.23 bits per heavy atom. The summed E-state index contributed by atoms with van der Waals surface area (Å²) >= 11 is 5.19. The van der Waals surface area contributed by atoms with Crippen LogP contribution in [-0.4, -0.2) is 29.3 Å². The third kappa shape index (κ3) is 4.17. The van der Waals surface area contributed by atoms with E-state index in [1.807, 2.05) is 0 Å². The van der Waals surface area contributed by atoms with E-state index in [0.29, 0.717) is 0 Å². The Morgan fingerprint density at radius 2 is 1.77 bits per heavy atom. The summed E-state index contributed by atoms with van der Waals surface area (Å²) in [7, 11) is 1.16. The predicted octanol–water partition coefficient (Wildman–Crippen LogP) is 0.809. The minimum Gasteiger partial charge on any atom is -0.490 e. The van der Waals surface area contributed by atoms with Gasteiger partial charge in [0.15, 0.2) is 0 Å². The highest BCUT2D eigenvalue weighted by atomic mass is 35.5. The van der Waals surface area contributed by atoms with Gasteiger partial charge in [-0.05, 0) is 12.2 Å². The monoisotopic (exact) mass is 206 g/mol. The first-order valence-electron chi connectivity index (χ1n) is 3.07. The maximum absolute atomic E-state index is 10.3. The van der Waals surface area contributed by atoms with Crippen molar-refractivity contribution < 1.29 is 24.5 Å². The van der Waals surface area contributed by atoms with Crippen molar-refractivity contribution in [1.29, 1.82) is 0 Å². The molecule has 0 aliphatic rings. The number of hydrogen-bond donors (Lipinski definition) is 2. The zero-order chi connectivity index (χ0) is 10.4. The number of rotatable bonds is 4. The number of carbonyl (C=O) groups is 2. The van der Waals surface area contributed by atoms with Crippen LogP contribution in [0.1, 0.15) is 0 Å². The summed E-state index contributed by atoms with van der Waals surface area (Å²) in [5.41, 5.74) is 0. The van der Waals surface area contributed by atoms with Crippen LogP contribution in [0.5, 0.6) is 0 Å². The standard InChI is InChI=1S/C7H7ClO5/c1-13-5(7(11)12)3-2-4(8)6(9)10/h2-3H,1H3,(H,9,10)(H,11,12)/b4-2+,5-3-. The lowest BCUT2D eigenvalue weighted by atomic mass is 10.4. The number of ether oxygens (including phenoxy) is 1. The van der Waals surface area contributed by atoms with Crippen LogP contribution in [0.3, 0.4) is 0 Å². The first-order chi connectivity index (χ1) is 5.99. The van der Waals surface area contributed by atoms with Gasteiger partial charge in [0, 0.05) is 0 Å². The number of carboxylic acid groups (broad SMARTS) is 2. The Kier molecular flexibility index (Phi) is 4.61. The lowest BCUT2D eigenvalue weighted by molar-refractivity contribution is -0.136. The van der Waals surface area contributed by atoms with Crippen molar-refractivity contribution in [2.75, 3.05) is 7.11 Å². The van der Waals surface area contributed by atoms with Crippen LogP contribution in [-0.2, 0) is 14.3 Å². The average molecular weight is 207 g/mol. The summed E-state index contributed by atoms with van der Waals surface area (Å²) in [4.78, 5) is 20.5. The third-order valence-corrected chi connectivity index (χ3v) is 1.30. The average Bonchev–Trinajstić information content (AvgIpc) is 2.04. The molecule has 0 fully saturated rings. The summed E-state index contributed by atoms with van der Waals surface area (Å²) in [5, 5.41) is 16.2. The molecule has 2 N–H and O–H groups in total. The molecule has 0 aromatic heterocycles. The summed E-state index contributed by atoms with van der Waals surface area (Å²) in [6.07, 6.45) is 1.88. The van der Waals surface area contributed by atoms with Crippen LogP contribution in [0.4, 0.5) is 0 Å². The molecule has 0 aliphatic carbocycles. The fraction of sp³-hybridized carbons (Fsp3) is 0.143. The second-order valence-corrected chi connectivity index (χ2v) is 2.27. The van der Waals surface area contributed by atoms with Crippen molar-refractivity contribution in [3.63, 3.8) is 0 Å². The quantitative estimate of drug-likeness (QED) is 0.404. The largest absolute Gasteiger partial charge is 0.490 e. The van der Waals surface area contributed by atoms with Gasteiger partial charge in [0.2, 0.25) is 5.76 Å². The molecule has 0 saturated carbocycles. The molecule has 0 aromatic rings. The molecule has 0 aliphatic heterocycles. The SMILES string of the molecule is CO/C(=C\C=C(\Cl)C(=O)O)C(=O)O. The molecule has 0 bridgehead atoms. The van der Waals surface area contributed by atoms with E-state index in [1.165, 1.54) is 0 Å². The van der Waals surface area contributed by atoms with Gasteiger partial charge in [0.1, 0.15) is 5.03 Å². The van der Waals surface area contributed by atoms with E-state index in [0.717, 1.165) is 19.3 Å². The molecule has 0 heterocycles. The molecule has 5 nitrogen and oxygen atoms in total. The first kappa shape index (κ1) is 11.5. The second kappa shape index (κ2) is 5.21. The minimum atomic E-state index is -1.33. The van der Waals surface area contributed by atoms with Gasteiger partial charge in [0.25, 0.3) is 0 Å². The van der Waals surface area contributed by atoms with E-state index in [1.54, 1.807) is 0 Å². The van der Waals surface area contributed by atoms with Crippen LogP contribution in [0.25, 0.3) is 0 Å². The van der Waals surface area contributed by atoms with E-state index in [9.17, 15) is 9.59 Å². The summed E-state index contributed by atoms with van der Waals surface area (Å²) in [5.74, 6) is -3.02. The van der Waals surface area contributed by atoms with Gasteiger partial charge in [0.05, 0.1) is 7.11 Å². The molecule has 0 spiro atoms. The zero-order valence-electron chi connectivity index (χ0n) is 6.65. The first-order valence-corrected chi connectivity index (χ1v) is 3.45. The molecule has 0 unspecified atom stereocenters.